The van der Waals surface area contributed by atoms with Gasteiger partial charge < -0.3 is 15.1 Å². The lowest BCUT2D eigenvalue weighted by Crippen LogP contribution is -2.42. The Labute approximate surface area is 236 Å². The monoisotopic (exact) mass is 529 g/mol. The molecular formula is C34H35N5O. The van der Waals surface area contributed by atoms with Crippen molar-refractivity contribution >= 4 is 22.6 Å². The minimum Gasteiger partial charge on any atom is -0.370 e. The van der Waals surface area contributed by atoms with E-state index in [4.69, 9.17) is 4.98 Å². The fourth-order valence-corrected chi connectivity index (χ4v) is 6.10. The molecule has 3 heterocycles. The zero-order valence-corrected chi connectivity index (χ0v) is 22.9. The molecule has 1 aromatic heterocycles. The normalized spacial score (nSPS) is 17.3. The van der Waals surface area contributed by atoms with Gasteiger partial charge in [0.1, 0.15) is 5.82 Å². The molecule has 40 heavy (non-hydrogen) atoms. The Morgan fingerprint density at radius 1 is 0.925 bits per heavy atom. The minimum absolute atomic E-state index is 0.0946. The summed E-state index contributed by atoms with van der Waals surface area (Å²) in [7, 11) is 0. The van der Waals surface area contributed by atoms with Crippen molar-refractivity contribution in [2.24, 2.45) is 0 Å². The number of anilines is 1. The van der Waals surface area contributed by atoms with Gasteiger partial charge in [0.05, 0.1) is 22.7 Å². The van der Waals surface area contributed by atoms with Crippen LogP contribution < -0.4 is 5.32 Å². The fraction of sp³-hybridized carbons (Fsp3) is 0.324. The third kappa shape index (κ3) is 5.71. The first kappa shape index (κ1) is 26.0. The summed E-state index contributed by atoms with van der Waals surface area (Å²) in [4.78, 5) is 23.8. The van der Waals surface area contributed by atoms with Crippen molar-refractivity contribution in [3.8, 4) is 17.2 Å². The summed E-state index contributed by atoms with van der Waals surface area (Å²) in [6.45, 7) is 4.78. The van der Waals surface area contributed by atoms with Crippen LogP contribution in [0.4, 0.5) is 5.82 Å². The molecule has 0 saturated carbocycles. The van der Waals surface area contributed by atoms with Crippen LogP contribution in [0, 0.1) is 11.3 Å². The first-order valence-electron chi connectivity index (χ1n) is 14.4. The number of fused-ring (bicyclic) bond motifs is 1. The highest BCUT2D eigenvalue weighted by Crippen LogP contribution is 2.31. The average Bonchev–Trinajstić information content (AvgIpc) is 3.69. The SMILES string of the molecule is N#Cc1ccc(-c2ccc3nc(NCCc4ccccc4)cc(C(=O)N4CCC[C@H]4CN4CCCC4)c3c2)cc1. The molecule has 1 N–H and O–H groups in total. The van der Waals surface area contributed by atoms with Crippen molar-refractivity contribution in [2.45, 2.75) is 38.1 Å². The van der Waals surface area contributed by atoms with E-state index in [0.29, 0.717) is 11.1 Å². The Morgan fingerprint density at radius 3 is 2.48 bits per heavy atom. The molecule has 1 amide bonds. The summed E-state index contributed by atoms with van der Waals surface area (Å²) >= 11 is 0. The summed E-state index contributed by atoms with van der Waals surface area (Å²) < 4.78 is 0. The third-order valence-corrected chi connectivity index (χ3v) is 8.25. The molecule has 0 bridgehead atoms. The summed E-state index contributed by atoms with van der Waals surface area (Å²) in [5.74, 6) is 0.824. The van der Waals surface area contributed by atoms with Crippen molar-refractivity contribution in [3.05, 3.63) is 95.6 Å². The predicted octanol–water partition coefficient (Wildman–Crippen LogP) is 6.13. The zero-order chi connectivity index (χ0) is 27.3. The fourth-order valence-electron chi connectivity index (χ4n) is 6.10. The van der Waals surface area contributed by atoms with Crippen LogP contribution in [0.1, 0.15) is 47.2 Å². The molecule has 2 fully saturated rings. The molecule has 2 aliphatic rings. The smallest absolute Gasteiger partial charge is 0.254 e. The number of nitrogens with zero attached hydrogens (tertiary/aromatic N) is 4. The van der Waals surface area contributed by atoms with Gasteiger partial charge in [-0.25, -0.2) is 4.98 Å². The molecule has 3 aromatic carbocycles. The second kappa shape index (κ2) is 11.9. The van der Waals surface area contributed by atoms with Crippen LogP contribution in [0.25, 0.3) is 22.0 Å². The quantitative estimate of drug-likeness (QED) is 0.297. The van der Waals surface area contributed by atoms with E-state index < -0.39 is 0 Å². The lowest BCUT2D eigenvalue weighted by Gasteiger charge is -2.29. The Hall–Kier alpha value is -4.21. The molecule has 6 rings (SSSR count). The topological polar surface area (TPSA) is 72.3 Å². The van der Waals surface area contributed by atoms with Gasteiger partial charge in [0.15, 0.2) is 0 Å². The number of aromatic nitrogens is 1. The Kier molecular flexibility index (Phi) is 7.74. The lowest BCUT2D eigenvalue weighted by atomic mass is 9.99. The standard InChI is InChI=1S/C34H35N5O/c35-23-26-10-12-27(13-11-26)28-14-15-32-30(21-28)31(22-33(37-32)36-17-16-25-7-2-1-3-8-25)34(40)39-20-6-9-29(39)24-38-18-4-5-19-38/h1-3,7-8,10-15,21-22,29H,4-6,9,16-20,24H2,(H,36,37)/t29-/m0/s1. The van der Waals surface area contributed by atoms with Crippen LogP contribution in [0.3, 0.4) is 0 Å². The molecule has 4 aromatic rings. The number of likely N-dealkylation sites (tertiary alicyclic amines) is 2. The second-order valence-electron chi connectivity index (χ2n) is 10.9. The largest absolute Gasteiger partial charge is 0.370 e. The summed E-state index contributed by atoms with van der Waals surface area (Å²) in [5.41, 5.74) is 5.43. The molecule has 2 aliphatic heterocycles. The predicted molar refractivity (Wildman–Crippen MR) is 160 cm³/mol. The third-order valence-electron chi connectivity index (χ3n) is 8.25. The second-order valence-corrected chi connectivity index (χ2v) is 10.9. The van der Waals surface area contributed by atoms with E-state index in [-0.39, 0.29) is 11.9 Å². The van der Waals surface area contributed by atoms with Crippen LogP contribution in [0.2, 0.25) is 0 Å². The van der Waals surface area contributed by atoms with E-state index in [1.165, 1.54) is 18.4 Å². The molecule has 2 saturated heterocycles. The van der Waals surface area contributed by atoms with E-state index in [9.17, 15) is 10.1 Å². The van der Waals surface area contributed by atoms with E-state index in [1.54, 1.807) is 0 Å². The Balaban J connectivity index is 1.33. The van der Waals surface area contributed by atoms with Gasteiger partial charge in [-0.05, 0) is 92.2 Å². The number of rotatable bonds is 8. The molecule has 6 heteroatoms. The van der Waals surface area contributed by atoms with E-state index >= 15 is 0 Å². The molecule has 6 nitrogen and oxygen atoms in total. The van der Waals surface area contributed by atoms with Crippen molar-refractivity contribution in [1.29, 1.82) is 5.26 Å². The minimum atomic E-state index is 0.0946. The van der Waals surface area contributed by atoms with Crippen molar-refractivity contribution in [3.63, 3.8) is 0 Å². The maximum Gasteiger partial charge on any atom is 0.254 e. The van der Waals surface area contributed by atoms with Gasteiger partial charge in [0.25, 0.3) is 5.91 Å². The highest BCUT2D eigenvalue weighted by Gasteiger charge is 2.32. The van der Waals surface area contributed by atoms with Crippen LogP contribution in [0.15, 0.2) is 78.9 Å². The first-order valence-corrected chi connectivity index (χ1v) is 14.4. The van der Waals surface area contributed by atoms with Crippen LogP contribution >= 0.6 is 0 Å². The molecule has 0 unspecified atom stereocenters. The Bertz CT molecular complexity index is 1520. The van der Waals surface area contributed by atoms with Gasteiger partial charge in [0, 0.05) is 31.1 Å². The maximum absolute atomic E-state index is 14.2. The highest BCUT2D eigenvalue weighted by molar-refractivity contribution is 6.08. The number of hydrogen-bond acceptors (Lipinski definition) is 5. The average molecular weight is 530 g/mol. The number of amides is 1. The number of carbonyl (C=O) groups is 1. The van der Waals surface area contributed by atoms with Gasteiger partial charge in [-0.1, -0.05) is 48.5 Å². The molecule has 202 valence electrons. The molecule has 0 radical (unpaired) electrons. The summed E-state index contributed by atoms with van der Waals surface area (Å²) in [6, 6.07) is 28.5. The lowest BCUT2D eigenvalue weighted by molar-refractivity contribution is 0.0710. The Morgan fingerprint density at radius 2 is 1.70 bits per heavy atom. The van der Waals surface area contributed by atoms with Crippen molar-refractivity contribution in [1.82, 2.24) is 14.8 Å². The van der Waals surface area contributed by atoms with E-state index in [0.717, 1.165) is 79.8 Å². The number of nitriles is 1. The zero-order valence-electron chi connectivity index (χ0n) is 22.9. The van der Waals surface area contributed by atoms with Crippen molar-refractivity contribution < 1.29 is 4.79 Å². The van der Waals surface area contributed by atoms with Crippen LogP contribution in [-0.2, 0) is 6.42 Å². The number of benzene rings is 3. The highest BCUT2D eigenvalue weighted by atomic mass is 16.2. The first-order chi connectivity index (χ1) is 19.7. The van der Waals surface area contributed by atoms with E-state index in [2.05, 4.69) is 51.5 Å². The van der Waals surface area contributed by atoms with Gasteiger partial charge in [-0.15, -0.1) is 0 Å². The molecule has 1 atom stereocenters. The number of nitrogens with one attached hydrogen (secondary N) is 1. The molecular weight excluding hydrogens is 494 g/mol. The summed E-state index contributed by atoms with van der Waals surface area (Å²) in [6.07, 6.45) is 5.50. The van der Waals surface area contributed by atoms with Crippen molar-refractivity contribution in [2.75, 3.05) is 38.0 Å². The molecule has 0 aliphatic carbocycles. The van der Waals surface area contributed by atoms with E-state index in [1.807, 2.05) is 48.5 Å². The maximum atomic E-state index is 14.2. The van der Waals surface area contributed by atoms with Crippen LogP contribution in [-0.4, -0.2) is 59.5 Å². The molecule has 0 spiro atoms. The summed E-state index contributed by atoms with van der Waals surface area (Å²) in [5, 5.41) is 13.5. The van der Waals surface area contributed by atoms with Gasteiger partial charge in [-0.3, -0.25) is 4.79 Å². The van der Waals surface area contributed by atoms with Gasteiger partial charge >= 0.3 is 0 Å². The number of carbonyl (C=O) groups excluding carboxylic acids is 1. The number of pyridine rings is 1. The van der Waals surface area contributed by atoms with Crippen LogP contribution in [0.5, 0.6) is 0 Å². The van der Waals surface area contributed by atoms with Gasteiger partial charge in [0.2, 0.25) is 0 Å². The number of hydrogen-bond donors (Lipinski definition) is 1. The van der Waals surface area contributed by atoms with Gasteiger partial charge in [-0.2, -0.15) is 5.26 Å².